The van der Waals surface area contributed by atoms with Crippen LogP contribution in [0.2, 0.25) is 0 Å². The third kappa shape index (κ3) is 2.42. The molecular formula is C9H14N6O2S. The number of H-pyrrole nitrogens is 2. The summed E-state index contributed by atoms with van der Waals surface area (Å²) in [6.07, 6.45) is 4.59. The molecule has 9 heteroatoms. The normalized spacial score (nSPS) is 13.7. The first-order valence-corrected chi connectivity index (χ1v) is 6.76. The first-order valence-electron chi connectivity index (χ1n) is 5.28. The molecule has 8 nitrogen and oxygen atoms in total. The van der Waals surface area contributed by atoms with Crippen molar-refractivity contribution >= 4 is 10.0 Å². The molecule has 1 unspecified atom stereocenters. The van der Waals surface area contributed by atoms with Gasteiger partial charge in [-0.1, -0.05) is 0 Å². The molecule has 2 rings (SSSR count). The zero-order chi connectivity index (χ0) is 13.2. The van der Waals surface area contributed by atoms with Crippen molar-refractivity contribution in [1.82, 2.24) is 25.1 Å². The van der Waals surface area contributed by atoms with Gasteiger partial charge in [0.05, 0.1) is 12.4 Å². The molecule has 2 aromatic heterocycles. The van der Waals surface area contributed by atoms with E-state index in [0.29, 0.717) is 5.56 Å². The van der Waals surface area contributed by atoms with Gasteiger partial charge in [0.15, 0.2) is 5.03 Å². The molecule has 0 amide bonds. The van der Waals surface area contributed by atoms with Crippen LogP contribution in [0.15, 0.2) is 23.6 Å². The lowest BCUT2D eigenvalue weighted by atomic mass is 10.2. The Bertz CT molecular complexity index is 603. The Hall–Kier alpha value is -1.71. The molecule has 1 atom stereocenters. The number of nitrogens with one attached hydrogen (secondary N) is 3. The number of aromatic nitrogens is 4. The summed E-state index contributed by atoms with van der Waals surface area (Å²) < 4.78 is 26.7. The molecule has 0 bridgehead atoms. The second kappa shape index (κ2) is 4.88. The molecule has 0 saturated carbocycles. The fourth-order valence-electron chi connectivity index (χ4n) is 1.53. The SMILES string of the molecule is CC(NS(=O)(=O)c1[nH]ncc1CN)c1cn[nH]c1. The van der Waals surface area contributed by atoms with Crippen LogP contribution < -0.4 is 10.5 Å². The van der Waals surface area contributed by atoms with Crippen molar-refractivity contribution in [3.63, 3.8) is 0 Å². The molecule has 0 radical (unpaired) electrons. The van der Waals surface area contributed by atoms with E-state index in [2.05, 4.69) is 25.1 Å². The average molecular weight is 270 g/mol. The molecule has 0 aliphatic heterocycles. The van der Waals surface area contributed by atoms with E-state index in [9.17, 15) is 8.42 Å². The van der Waals surface area contributed by atoms with Crippen molar-refractivity contribution in [3.8, 4) is 0 Å². The standard InChI is InChI=1S/C9H14N6O2S/c1-6(8-4-11-12-5-8)15-18(16,17)9-7(2-10)3-13-14-9/h3-6,15H,2,10H2,1H3,(H,11,12)(H,13,14). The van der Waals surface area contributed by atoms with Crippen LogP contribution in [0.3, 0.4) is 0 Å². The van der Waals surface area contributed by atoms with Crippen LogP contribution in [-0.4, -0.2) is 28.8 Å². The molecule has 5 N–H and O–H groups in total. The fraction of sp³-hybridized carbons (Fsp3) is 0.333. The molecular weight excluding hydrogens is 256 g/mol. The molecule has 0 saturated heterocycles. The van der Waals surface area contributed by atoms with E-state index >= 15 is 0 Å². The summed E-state index contributed by atoms with van der Waals surface area (Å²) in [5.41, 5.74) is 6.64. The summed E-state index contributed by atoms with van der Waals surface area (Å²) in [6.45, 7) is 1.83. The predicted molar refractivity (Wildman–Crippen MR) is 63.8 cm³/mol. The highest BCUT2D eigenvalue weighted by atomic mass is 32.2. The van der Waals surface area contributed by atoms with Gasteiger partial charge in [0, 0.05) is 29.9 Å². The molecule has 98 valence electrons. The predicted octanol–water partition coefficient (Wildman–Crippen LogP) is -0.369. The lowest BCUT2D eigenvalue weighted by Crippen LogP contribution is -2.28. The Morgan fingerprint density at radius 3 is 2.83 bits per heavy atom. The number of aromatic amines is 2. The van der Waals surface area contributed by atoms with Gasteiger partial charge in [-0.15, -0.1) is 0 Å². The van der Waals surface area contributed by atoms with E-state index in [4.69, 9.17) is 5.73 Å². The largest absolute Gasteiger partial charge is 0.326 e. The minimum atomic E-state index is -3.67. The van der Waals surface area contributed by atoms with Gasteiger partial charge < -0.3 is 5.73 Å². The van der Waals surface area contributed by atoms with Crippen LogP contribution in [0.4, 0.5) is 0 Å². The van der Waals surface area contributed by atoms with E-state index in [-0.39, 0.29) is 11.6 Å². The number of nitrogens with two attached hydrogens (primary N) is 1. The van der Waals surface area contributed by atoms with Crippen molar-refractivity contribution in [3.05, 3.63) is 29.7 Å². The second-order valence-electron chi connectivity index (χ2n) is 3.80. The molecule has 2 heterocycles. The summed E-state index contributed by atoms with van der Waals surface area (Å²) in [4.78, 5) is 0. The van der Waals surface area contributed by atoms with Gasteiger partial charge in [-0.05, 0) is 6.92 Å². The average Bonchev–Trinajstić information content (AvgIpc) is 2.99. The van der Waals surface area contributed by atoms with Gasteiger partial charge in [0.2, 0.25) is 0 Å². The van der Waals surface area contributed by atoms with Crippen LogP contribution in [0.25, 0.3) is 0 Å². The van der Waals surface area contributed by atoms with E-state index in [1.54, 1.807) is 19.3 Å². The number of hydrogen-bond acceptors (Lipinski definition) is 5. The Morgan fingerprint density at radius 2 is 2.22 bits per heavy atom. The van der Waals surface area contributed by atoms with Crippen LogP contribution >= 0.6 is 0 Å². The van der Waals surface area contributed by atoms with Gasteiger partial charge in [0.25, 0.3) is 10.0 Å². The summed E-state index contributed by atoms with van der Waals surface area (Å²) in [7, 11) is -3.67. The first kappa shape index (κ1) is 12.7. The second-order valence-corrected chi connectivity index (χ2v) is 5.45. The van der Waals surface area contributed by atoms with Gasteiger partial charge in [0.1, 0.15) is 0 Å². The molecule has 0 spiro atoms. The zero-order valence-electron chi connectivity index (χ0n) is 9.71. The third-order valence-electron chi connectivity index (χ3n) is 2.52. The van der Waals surface area contributed by atoms with E-state index < -0.39 is 16.1 Å². The van der Waals surface area contributed by atoms with Gasteiger partial charge in [-0.2, -0.15) is 10.2 Å². The maximum Gasteiger partial charge on any atom is 0.258 e. The van der Waals surface area contributed by atoms with E-state index in [1.165, 1.54) is 6.20 Å². The Labute approximate surface area is 104 Å². The summed E-state index contributed by atoms with van der Waals surface area (Å²) in [6, 6.07) is -0.400. The molecule has 0 aromatic carbocycles. The van der Waals surface area contributed by atoms with Crippen molar-refractivity contribution in [2.45, 2.75) is 24.5 Å². The maximum atomic E-state index is 12.1. The lowest BCUT2D eigenvalue weighted by molar-refractivity contribution is 0.561. The molecule has 0 aliphatic carbocycles. The van der Waals surface area contributed by atoms with E-state index in [0.717, 1.165) is 5.56 Å². The summed E-state index contributed by atoms with van der Waals surface area (Å²) in [5, 5.41) is 12.5. The maximum absolute atomic E-state index is 12.1. The smallest absolute Gasteiger partial charge is 0.258 e. The summed E-state index contributed by atoms with van der Waals surface area (Å²) >= 11 is 0. The number of rotatable bonds is 5. The quantitative estimate of drug-likeness (QED) is 0.589. The molecule has 18 heavy (non-hydrogen) atoms. The first-order chi connectivity index (χ1) is 8.54. The minimum Gasteiger partial charge on any atom is -0.326 e. The Morgan fingerprint density at radius 1 is 1.44 bits per heavy atom. The number of hydrogen-bond donors (Lipinski definition) is 4. The van der Waals surface area contributed by atoms with Gasteiger partial charge >= 0.3 is 0 Å². The van der Waals surface area contributed by atoms with Crippen LogP contribution in [0.5, 0.6) is 0 Å². The molecule has 0 fully saturated rings. The third-order valence-corrected chi connectivity index (χ3v) is 4.07. The van der Waals surface area contributed by atoms with Crippen molar-refractivity contribution in [2.24, 2.45) is 5.73 Å². The lowest BCUT2D eigenvalue weighted by Gasteiger charge is -2.12. The molecule has 2 aromatic rings. The van der Waals surface area contributed by atoms with Crippen molar-refractivity contribution < 1.29 is 8.42 Å². The Kier molecular flexibility index (Phi) is 3.45. The van der Waals surface area contributed by atoms with Gasteiger partial charge in [-0.3, -0.25) is 10.2 Å². The van der Waals surface area contributed by atoms with Crippen LogP contribution in [-0.2, 0) is 16.6 Å². The highest BCUT2D eigenvalue weighted by Gasteiger charge is 2.23. The van der Waals surface area contributed by atoms with Crippen LogP contribution in [0, 0.1) is 0 Å². The van der Waals surface area contributed by atoms with Crippen molar-refractivity contribution in [1.29, 1.82) is 0 Å². The van der Waals surface area contributed by atoms with Crippen molar-refractivity contribution in [2.75, 3.05) is 0 Å². The minimum absolute atomic E-state index is 0.000319. The van der Waals surface area contributed by atoms with E-state index in [1.807, 2.05) is 0 Å². The highest BCUT2D eigenvalue weighted by molar-refractivity contribution is 7.89. The topological polar surface area (TPSA) is 130 Å². The number of nitrogens with zero attached hydrogens (tertiary/aromatic N) is 2. The zero-order valence-corrected chi connectivity index (χ0v) is 10.5. The molecule has 0 aliphatic rings. The fourth-order valence-corrected chi connectivity index (χ4v) is 2.91. The monoisotopic (exact) mass is 270 g/mol. The highest BCUT2D eigenvalue weighted by Crippen LogP contribution is 2.16. The van der Waals surface area contributed by atoms with Gasteiger partial charge in [-0.25, -0.2) is 13.1 Å². The summed E-state index contributed by atoms with van der Waals surface area (Å²) in [5.74, 6) is 0. The Balaban J connectivity index is 2.23. The number of sulfonamides is 1. The van der Waals surface area contributed by atoms with Crippen LogP contribution in [0.1, 0.15) is 24.1 Å².